The number of benzene rings is 2. The van der Waals surface area contributed by atoms with Crippen LogP contribution in [0.15, 0.2) is 73.1 Å². The zero-order valence-corrected chi connectivity index (χ0v) is 21.8. The molecule has 0 spiro atoms. The molecule has 1 amide bonds. The summed E-state index contributed by atoms with van der Waals surface area (Å²) in [5.41, 5.74) is 3.16. The molecule has 9 nitrogen and oxygen atoms in total. The molecule has 1 saturated heterocycles. The van der Waals surface area contributed by atoms with Crippen molar-refractivity contribution >= 4 is 11.7 Å². The highest BCUT2D eigenvalue weighted by molar-refractivity contribution is 5.93. The van der Waals surface area contributed by atoms with Gasteiger partial charge >= 0.3 is 0 Å². The normalized spacial score (nSPS) is 18.0. The van der Waals surface area contributed by atoms with Crippen LogP contribution in [0.2, 0.25) is 0 Å². The van der Waals surface area contributed by atoms with E-state index in [0.29, 0.717) is 37.1 Å². The van der Waals surface area contributed by atoms with Gasteiger partial charge in [-0.2, -0.15) is 0 Å². The van der Waals surface area contributed by atoms with Crippen molar-refractivity contribution in [1.29, 1.82) is 0 Å². The summed E-state index contributed by atoms with van der Waals surface area (Å²) < 4.78 is 17.6. The molecule has 4 heterocycles. The molecule has 0 aliphatic carbocycles. The first-order valence-corrected chi connectivity index (χ1v) is 13.2. The lowest BCUT2D eigenvalue weighted by atomic mass is 9.96. The second kappa shape index (κ2) is 11.3. The van der Waals surface area contributed by atoms with E-state index in [-0.39, 0.29) is 17.9 Å². The molecule has 1 fully saturated rings. The lowest BCUT2D eigenvalue weighted by molar-refractivity contribution is -0.122. The number of amides is 1. The number of H-pyrrole nitrogens is 1. The molecule has 200 valence electrons. The van der Waals surface area contributed by atoms with Crippen molar-refractivity contribution in [2.45, 2.75) is 25.3 Å². The summed E-state index contributed by atoms with van der Waals surface area (Å²) in [6.45, 7) is 5.22. The fraction of sp³-hybridized carbons (Fsp3) is 0.300. The number of imidazole rings is 1. The second-order valence-electron chi connectivity index (χ2n) is 9.82. The number of ether oxygens (including phenoxy) is 3. The number of morpholine rings is 1. The molecule has 0 bridgehead atoms. The highest BCUT2D eigenvalue weighted by Crippen LogP contribution is 2.36. The van der Waals surface area contributed by atoms with Gasteiger partial charge in [0.05, 0.1) is 43.7 Å². The van der Waals surface area contributed by atoms with Gasteiger partial charge in [-0.3, -0.25) is 9.69 Å². The molecule has 4 aromatic rings. The van der Waals surface area contributed by atoms with Gasteiger partial charge in [0.2, 0.25) is 5.91 Å². The molecule has 6 rings (SSSR count). The van der Waals surface area contributed by atoms with Gasteiger partial charge in [0.25, 0.3) is 0 Å². The van der Waals surface area contributed by atoms with Crippen LogP contribution in [0.4, 0.5) is 5.82 Å². The zero-order valence-electron chi connectivity index (χ0n) is 21.8. The molecule has 2 aliphatic rings. The summed E-state index contributed by atoms with van der Waals surface area (Å²) in [5, 5.41) is 2.91. The summed E-state index contributed by atoms with van der Waals surface area (Å²) in [6, 6.07) is 19.2. The van der Waals surface area contributed by atoms with Crippen LogP contribution in [0.25, 0.3) is 11.3 Å². The molecule has 9 heteroatoms. The van der Waals surface area contributed by atoms with E-state index < -0.39 is 0 Å². The van der Waals surface area contributed by atoms with Crippen LogP contribution in [0.1, 0.15) is 24.2 Å². The van der Waals surface area contributed by atoms with E-state index in [1.807, 2.05) is 49.5 Å². The van der Waals surface area contributed by atoms with E-state index in [9.17, 15) is 4.79 Å². The first kappa shape index (κ1) is 25.1. The van der Waals surface area contributed by atoms with Gasteiger partial charge < -0.3 is 24.5 Å². The average molecular weight is 526 g/mol. The third-order valence-electron chi connectivity index (χ3n) is 7.20. The van der Waals surface area contributed by atoms with E-state index in [1.54, 1.807) is 18.3 Å². The van der Waals surface area contributed by atoms with Gasteiger partial charge in [-0.1, -0.05) is 30.3 Å². The van der Waals surface area contributed by atoms with Crippen molar-refractivity contribution in [3.8, 4) is 28.5 Å². The Balaban J connectivity index is 1.11. The molecule has 0 saturated carbocycles. The lowest BCUT2D eigenvalue weighted by Gasteiger charge is -2.31. The summed E-state index contributed by atoms with van der Waals surface area (Å²) in [4.78, 5) is 27.3. The number of hydrogen-bond donors (Lipinski definition) is 2. The molecule has 0 radical (unpaired) electrons. The average Bonchev–Trinajstić information content (AvgIpc) is 3.48. The van der Waals surface area contributed by atoms with Gasteiger partial charge in [-0.05, 0) is 48.7 Å². The van der Waals surface area contributed by atoms with Crippen LogP contribution in [0.5, 0.6) is 17.2 Å². The Morgan fingerprint density at radius 1 is 1.08 bits per heavy atom. The standard InChI is InChI=1S/C30H31N5O4/c1-20(35-11-13-37-14-12-35)30(36)34-28-17-25(9-10-31-28)39-24-7-8-27-22(16-24)15-23(19-38-27)29-32-18-26(33-29)21-5-3-2-4-6-21/h2-10,16-18,20,23H,11-15,19H2,1H3,(H,32,33)(H,31,34,36). The maximum Gasteiger partial charge on any atom is 0.242 e. The van der Waals surface area contributed by atoms with Crippen LogP contribution in [-0.2, 0) is 16.0 Å². The number of fused-ring (bicyclic) bond motifs is 1. The van der Waals surface area contributed by atoms with Crippen LogP contribution < -0.4 is 14.8 Å². The van der Waals surface area contributed by atoms with Gasteiger partial charge in [0.1, 0.15) is 28.9 Å². The monoisotopic (exact) mass is 525 g/mol. The van der Waals surface area contributed by atoms with Crippen molar-refractivity contribution in [3.05, 3.63) is 84.4 Å². The Morgan fingerprint density at radius 2 is 1.90 bits per heavy atom. The van der Waals surface area contributed by atoms with E-state index >= 15 is 0 Å². The van der Waals surface area contributed by atoms with Crippen molar-refractivity contribution in [1.82, 2.24) is 19.9 Å². The van der Waals surface area contributed by atoms with Gasteiger partial charge in [0, 0.05) is 25.4 Å². The quantitative estimate of drug-likeness (QED) is 0.362. The van der Waals surface area contributed by atoms with Gasteiger partial charge in [-0.25, -0.2) is 9.97 Å². The highest BCUT2D eigenvalue weighted by Gasteiger charge is 2.25. The predicted molar refractivity (Wildman–Crippen MR) is 147 cm³/mol. The molecule has 2 aromatic heterocycles. The number of nitrogens with zero attached hydrogens (tertiary/aromatic N) is 3. The number of aromatic nitrogens is 3. The SMILES string of the molecule is CC(C(=O)Nc1cc(Oc2ccc3c(c2)CC(c2ncc(-c4ccccc4)[nH]2)CO3)ccn1)N1CCOCC1. The lowest BCUT2D eigenvalue weighted by Crippen LogP contribution is -2.47. The molecule has 39 heavy (non-hydrogen) atoms. The predicted octanol–water partition coefficient (Wildman–Crippen LogP) is 4.64. The third-order valence-corrected chi connectivity index (χ3v) is 7.20. The number of pyridine rings is 1. The Bertz CT molecular complexity index is 1430. The van der Waals surface area contributed by atoms with Crippen molar-refractivity contribution in [2.24, 2.45) is 0 Å². The van der Waals surface area contributed by atoms with E-state index in [4.69, 9.17) is 14.2 Å². The van der Waals surface area contributed by atoms with Gasteiger partial charge in [-0.15, -0.1) is 0 Å². The van der Waals surface area contributed by atoms with E-state index in [0.717, 1.165) is 47.9 Å². The number of carbonyl (C=O) groups excluding carboxylic acids is 1. The summed E-state index contributed by atoms with van der Waals surface area (Å²) in [6.07, 6.45) is 4.29. The maximum absolute atomic E-state index is 12.8. The number of hydrogen-bond acceptors (Lipinski definition) is 7. The van der Waals surface area contributed by atoms with E-state index in [1.165, 1.54) is 0 Å². The van der Waals surface area contributed by atoms with Crippen LogP contribution in [-0.4, -0.2) is 64.7 Å². The fourth-order valence-electron chi connectivity index (χ4n) is 4.96. The Hall–Kier alpha value is -4.21. The highest BCUT2D eigenvalue weighted by atomic mass is 16.5. The number of aromatic amines is 1. The molecule has 2 aliphatic heterocycles. The van der Waals surface area contributed by atoms with Gasteiger partial charge in [0.15, 0.2) is 0 Å². The van der Waals surface area contributed by atoms with Crippen LogP contribution in [0.3, 0.4) is 0 Å². The first-order chi connectivity index (χ1) is 19.1. The minimum absolute atomic E-state index is 0.105. The minimum Gasteiger partial charge on any atom is -0.493 e. The first-order valence-electron chi connectivity index (χ1n) is 13.2. The summed E-state index contributed by atoms with van der Waals surface area (Å²) in [5.74, 6) is 3.50. The smallest absolute Gasteiger partial charge is 0.242 e. The maximum atomic E-state index is 12.8. The molecule has 2 N–H and O–H groups in total. The van der Waals surface area contributed by atoms with Crippen molar-refractivity contribution in [3.63, 3.8) is 0 Å². The number of nitrogens with one attached hydrogen (secondary N) is 2. The zero-order chi connectivity index (χ0) is 26.6. The Kier molecular flexibility index (Phi) is 7.25. The Morgan fingerprint density at radius 3 is 2.74 bits per heavy atom. The minimum atomic E-state index is -0.271. The Labute approximate surface area is 227 Å². The largest absolute Gasteiger partial charge is 0.493 e. The molecular formula is C30H31N5O4. The van der Waals surface area contributed by atoms with Crippen LogP contribution >= 0.6 is 0 Å². The number of anilines is 1. The summed E-state index contributed by atoms with van der Waals surface area (Å²) in [7, 11) is 0. The van der Waals surface area contributed by atoms with Crippen molar-refractivity contribution < 1.29 is 19.0 Å². The van der Waals surface area contributed by atoms with Crippen molar-refractivity contribution in [2.75, 3.05) is 38.2 Å². The molecular weight excluding hydrogens is 494 g/mol. The second-order valence-corrected chi connectivity index (χ2v) is 9.82. The van der Waals surface area contributed by atoms with E-state index in [2.05, 4.69) is 37.3 Å². The fourth-order valence-corrected chi connectivity index (χ4v) is 4.96. The number of carbonyl (C=O) groups is 1. The molecule has 2 atom stereocenters. The summed E-state index contributed by atoms with van der Waals surface area (Å²) >= 11 is 0. The third kappa shape index (κ3) is 5.79. The topological polar surface area (TPSA) is 102 Å². The molecule has 2 aromatic carbocycles. The number of rotatable bonds is 7. The van der Waals surface area contributed by atoms with Crippen LogP contribution in [0, 0.1) is 0 Å². The molecule has 2 unspecified atom stereocenters.